The smallest absolute Gasteiger partial charge is 0.0923 e. The van der Waals surface area contributed by atoms with E-state index in [1.165, 1.54) is 0 Å². The summed E-state index contributed by atoms with van der Waals surface area (Å²) < 4.78 is 0. The van der Waals surface area contributed by atoms with Crippen molar-refractivity contribution in [2.75, 3.05) is 0 Å². The molecule has 0 amide bonds. The molecule has 2 heterocycles. The van der Waals surface area contributed by atoms with E-state index in [-0.39, 0.29) is 0 Å². The molecule has 0 radical (unpaired) electrons. The van der Waals surface area contributed by atoms with Gasteiger partial charge in [-0.05, 0) is 12.1 Å². The summed E-state index contributed by atoms with van der Waals surface area (Å²) in [5.74, 6) is 0. The van der Waals surface area contributed by atoms with E-state index in [2.05, 4.69) is 15.0 Å². The monoisotopic (exact) mass is 181 g/mol. The third-order valence-corrected chi connectivity index (χ3v) is 2.17. The van der Waals surface area contributed by atoms with Gasteiger partial charge >= 0.3 is 0 Å². The van der Waals surface area contributed by atoms with Crippen LogP contribution in [0.5, 0.6) is 0 Å². The molecular weight excluding hydrogens is 174 g/mol. The molecule has 2 aliphatic rings. The van der Waals surface area contributed by atoms with Crippen LogP contribution in [0.3, 0.4) is 0 Å². The molecule has 0 aromatic heterocycles. The lowest BCUT2D eigenvalue weighted by atomic mass is 10.3. The molecule has 3 nitrogen and oxygen atoms in total. The van der Waals surface area contributed by atoms with Gasteiger partial charge in [0.2, 0.25) is 0 Å². The van der Waals surface area contributed by atoms with Crippen molar-refractivity contribution in [1.29, 1.82) is 0 Å². The predicted octanol–water partition coefficient (Wildman–Crippen LogP) is 2.13. The number of nitrogens with zero attached hydrogens (tertiary/aromatic N) is 3. The molecule has 3 heteroatoms. The Morgan fingerprint density at radius 2 is 1.71 bits per heavy atom. The second kappa shape index (κ2) is 2.73. The minimum Gasteiger partial charge on any atom is -0.262 e. The fraction of sp³-hybridized carbons (Fsp3) is 0. The number of rotatable bonds is 0. The van der Waals surface area contributed by atoms with Crippen LogP contribution in [0.1, 0.15) is 0 Å². The standard InChI is InChI=1S/C11H7N3/c1-2-4-10-9(3-1)13-6-8-5-12-7-11(8)14-10/h1-7H. The lowest BCUT2D eigenvalue weighted by molar-refractivity contribution is 1.38. The van der Waals surface area contributed by atoms with Crippen molar-refractivity contribution < 1.29 is 0 Å². The van der Waals surface area contributed by atoms with E-state index in [0.717, 1.165) is 22.3 Å². The van der Waals surface area contributed by atoms with E-state index in [4.69, 9.17) is 0 Å². The molecule has 2 aliphatic heterocycles. The number of aromatic nitrogens is 3. The minimum atomic E-state index is 0.888. The van der Waals surface area contributed by atoms with Crippen molar-refractivity contribution in [2.45, 2.75) is 0 Å². The van der Waals surface area contributed by atoms with Gasteiger partial charge < -0.3 is 0 Å². The van der Waals surface area contributed by atoms with Crippen LogP contribution in [-0.4, -0.2) is 15.0 Å². The molecule has 66 valence electrons. The van der Waals surface area contributed by atoms with Gasteiger partial charge in [-0.15, -0.1) is 0 Å². The average molecular weight is 181 g/mol. The lowest BCUT2D eigenvalue weighted by Gasteiger charge is -1.87. The maximum Gasteiger partial charge on any atom is 0.0923 e. The molecule has 3 rings (SSSR count). The van der Waals surface area contributed by atoms with E-state index in [1.54, 1.807) is 18.6 Å². The Kier molecular flexibility index (Phi) is 1.44. The fourth-order valence-electron chi connectivity index (χ4n) is 1.46. The summed E-state index contributed by atoms with van der Waals surface area (Å²) in [6.45, 7) is 0. The maximum atomic E-state index is 4.48. The fourth-order valence-corrected chi connectivity index (χ4v) is 1.46. The largest absolute Gasteiger partial charge is 0.262 e. The zero-order valence-corrected chi connectivity index (χ0v) is 7.38. The van der Waals surface area contributed by atoms with Crippen molar-refractivity contribution >= 4 is 11.0 Å². The van der Waals surface area contributed by atoms with Crippen molar-refractivity contribution in [3.05, 3.63) is 42.9 Å². The van der Waals surface area contributed by atoms with Gasteiger partial charge in [0, 0.05) is 18.0 Å². The molecule has 0 bridgehead atoms. The van der Waals surface area contributed by atoms with E-state index in [0.29, 0.717) is 0 Å². The summed E-state index contributed by atoms with van der Waals surface area (Å²) in [6.07, 6.45) is 5.33. The molecule has 0 spiro atoms. The SMILES string of the molecule is c1ccc2nc3cncc-3cnc2c1. The maximum absolute atomic E-state index is 4.48. The Labute approximate surface area is 80.8 Å². The quantitative estimate of drug-likeness (QED) is 0.533. The lowest BCUT2D eigenvalue weighted by Crippen LogP contribution is -1.74. The van der Waals surface area contributed by atoms with Gasteiger partial charge in [0.15, 0.2) is 0 Å². The van der Waals surface area contributed by atoms with Crippen molar-refractivity contribution in [1.82, 2.24) is 15.0 Å². The highest BCUT2D eigenvalue weighted by Gasteiger charge is 2.03. The Morgan fingerprint density at radius 3 is 2.64 bits per heavy atom. The average Bonchev–Trinajstić information content (AvgIpc) is 2.58. The third kappa shape index (κ3) is 1.03. The van der Waals surface area contributed by atoms with E-state index >= 15 is 0 Å². The molecular formula is C11H7N3. The van der Waals surface area contributed by atoms with Gasteiger partial charge in [-0.25, -0.2) is 4.98 Å². The highest BCUT2D eigenvalue weighted by molar-refractivity contribution is 5.76. The van der Waals surface area contributed by atoms with Gasteiger partial charge in [-0.2, -0.15) is 0 Å². The third-order valence-electron chi connectivity index (χ3n) is 2.17. The number of fused-ring (bicyclic) bond motifs is 2. The summed E-state index contributed by atoms with van der Waals surface area (Å²) in [5, 5.41) is 0. The van der Waals surface area contributed by atoms with Gasteiger partial charge in [-0.1, -0.05) is 12.1 Å². The number of benzene rings is 1. The zero-order valence-electron chi connectivity index (χ0n) is 7.38. The summed E-state index contributed by atoms with van der Waals surface area (Å²) in [4.78, 5) is 12.9. The first-order valence-electron chi connectivity index (χ1n) is 4.39. The van der Waals surface area contributed by atoms with Gasteiger partial charge in [0.05, 0.1) is 22.9 Å². The van der Waals surface area contributed by atoms with Crippen molar-refractivity contribution in [2.24, 2.45) is 0 Å². The number of hydrogen-bond donors (Lipinski definition) is 0. The van der Waals surface area contributed by atoms with Crippen LogP contribution < -0.4 is 0 Å². The number of hydrogen-bond acceptors (Lipinski definition) is 3. The first-order chi connectivity index (χ1) is 6.93. The Morgan fingerprint density at radius 1 is 0.857 bits per heavy atom. The van der Waals surface area contributed by atoms with Gasteiger partial charge in [-0.3, -0.25) is 9.97 Å². The number of para-hydroxylation sites is 2. The van der Waals surface area contributed by atoms with Crippen LogP contribution in [0.15, 0.2) is 42.9 Å². The molecule has 1 aromatic rings. The zero-order chi connectivity index (χ0) is 9.38. The van der Waals surface area contributed by atoms with Crippen LogP contribution in [0.4, 0.5) is 0 Å². The summed E-state index contributed by atoms with van der Waals surface area (Å²) >= 11 is 0. The molecule has 0 saturated carbocycles. The van der Waals surface area contributed by atoms with E-state index < -0.39 is 0 Å². The molecule has 0 aliphatic carbocycles. The molecule has 0 fully saturated rings. The van der Waals surface area contributed by atoms with Gasteiger partial charge in [0.1, 0.15) is 0 Å². The molecule has 0 saturated heterocycles. The molecule has 14 heavy (non-hydrogen) atoms. The second-order valence-electron chi connectivity index (χ2n) is 3.11. The normalized spacial score (nSPS) is 10.9. The predicted molar refractivity (Wildman–Crippen MR) is 54.0 cm³/mol. The first-order valence-corrected chi connectivity index (χ1v) is 4.39. The summed E-state index contributed by atoms with van der Waals surface area (Å²) in [5.41, 5.74) is 3.67. The minimum absolute atomic E-state index is 0.888. The van der Waals surface area contributed by atoms with Crippen molar-refractivity contribution in [3.8, 4) is 11.3 Å². The first kappa shape index (κ1) is 7.38. The van der Waals surface area contributed by atoms with E-state index in [1.807, 2.05) is 24.3 Å². The van der Waals surface area contributed by atoms with Gasteiger partial charge in [0.25, 0.3) is 0 Å². The van der Waals surface area contributed by atoms with Crippen LogP contribution in [0.25, 0.3) is 22.3 Å². The van der Waals surface area contributed by atoms with Crippen molar-refractivity contribution in [3.63, 3.8) is 0 Å². The Balaban J connectivity index is 2.48. The molecule has 0 unspecified atom stereocenters. The summed E-state index contributed by atoms with van der Waals surface area (Å²) in [6, 6.07) is 7.82. The van der Waals surface area contributed by atoms with Crippen LogP contribution in [0.2, 0.25) is 0 Å². The topological polar surface area (TPSA) is 38.7 Å². The highest BCUT2D eigenvalue weighted by atomic mass is 14.8. The Bertz CT molecular complexity index is 562. The summed E-state index contributed by atoms with van der Waals surface area (Å²) in [7, 11) is 0. The van der Waals surface area contributed by atoms with Crippen LogP contribution in [0, 0.1) is 0 Å². The van der Waals surface area contributed by atoms with Crippen LogP contribution in [-0.2, 0) is 0 Å². The van der Waals surface area contributed by atoms with Crippen LogP contribution >= 0.6 is 0 Å². The highest BCUT2D eigenvalue weighted by Crippen LogP contribution is 2.18. The molecule has 1 aromatic carbocycles. The molecule has 0 N–H and O–H groups in total. The second-order valence-corrected chi connectivity index (χ2v) is 3.11. The van der Waals surface area contributed by atoms with E-state index in [9.17, 15) is 0 Å². The molecule has 0 atom stereocenters. The Hall–Kier alpha value is -2.03.